The van der Waals surface area contributed by atoms with Crippen molar-refractivity contribution in [1.82, 2.24) is 16.0 Å². The van der Waals surface area contributed by atoms with E-state index in [0.717, 1.165) is 0 Å². The molecule has 11 nitrogen and oxygen atoms in total. The predicted molar refractivity (Wildman–Crippen MR) is 118 cm³/mol. The summed E-state index contributed by atoms with van der Waals surface area (Å²) in [6.07, 6.45) is 0.502. The highest BCUT2D eigenvalue weighted by Crippen LogP contribution is 2.10. The highest BCUT2D eigenvalue weighted by Gasteiger charge is 2.32. The second-order valence-electron chi connectivity index (χ2n) is 7.80. The van der Waals surface area contributed by atoms with Crippen LogP contribution >= 0.6 is 12.6 Å². The van der Waals surface area contributed by atoms with Crippen LogP contribution in [-0.4, -0.2) is 64.6 Å². The molecule has 12 heteroatoms. The third kappa shape index (κ3) is 10.0. The van der Waals surface area contributed by atoms with E-state index >= 15 is 0 Å². The van der Waals surface area contributed by atoms with Gasteiger partial charge in [0.2, 0.25) is 23.6 Å². The van der Waals surface area contributed by atoms with Gasteiger partial charge in [0.15, 0.2) is 0 Å². The van der Waals surface area contributed by atoms with Crippen LogP contribution < -0.4 is 27.4 Å². The zero-order chi connectivity index (χ0) is 24.3. The lowest BCUT2D eigenvalue weighted by Gasteiger charge is -2.27. The molecule has 0 aromatic rings. The van der Waals surface area contributed by atoms with E-state index in [1.165, 1.54) is 0 Å². The van der Waals surface area contributed by atoms with Gasteiger partial charge in [-0.2, -0.15) is 12.6 Å². The number of carbonyl (C=O) groups is 5. The summed E-state index contributed by atoms with van der Waals surface area (Å²) in [5.74, 6) is -4.48. The number of amides is 4. The molecule has 0 spiro atoms. The number of carboxylic acids is 1. The fourth-order valence-corrected chi connectivity index (χ4v) is 2.87. The van der Waals surface area contributed by atoms with E-state index in [2.05, 4.69) is 28.6 Å². The van der Waals surface area contributed by atoms with Crippen LogP contribution in [0, 0.1) is 11.8 Å². The van der Waals surface area contributed by atoms with Crippen molar-refractivity contribution in [3.63, 3.8) is 0 Å². The lowest BCUT2D eigenvalue weighted by atomic mass is 9.97. The number of nitrogens with two attached hydrogens (primary N) is 2. The van der Waals surface area contributed by atoms with Crippen molar-refractivity contribution in [2.45, 2.75) is 71.1 Å². The van der Waals surface area contributed by atoms with Crippen molar-refractivity contribution in [1.29, 1.82) is 0 Å². The number of hydrogen-bond donors (Lipinski definition) is 7. The Morgan fingerprint density at radius 1 is 0.935 bits per heavy atom. The molecule has 0 bridgehead atoms. The molecule has 0 saturated carbocycles. The van der Waals surface area contributed by atoms with Crippen LogP contribution in [0.5, 0.6) is 0 Å². The molecule has 4 amide bonds. The molecule has 0 saturated heterocycles. The lowest BCUT2D eigenvalue weighted by Crippen LogP contribution is -2.59. The zero-order valence-electron chi connectivity index (χ0n) is 18.4. The number of aliphatic carboxylic acids is 1. The number of primary amides is 1. The maximum atomic E-state index is 12.8. The van der Waals surface area contributed by atoms with Gasteiger partial charge < -0.3 is 32.5 Å². The third-order valence-corrected chi connectivity index (χ3v) is 5.24. The summed E-state index contributed by atoms with van der Waals surface area (Å²) < 4.78 is 0. The van der Waals surface area contributed by atoms with E-state index in [0.29, 0.717) is 6.42 Å². The van der Waals surface area contributed by atoms with Gasteiger partial charge in [-0.05, 0) is 18.3 Å². The van der Waals surface area contributed by atoms with Crippen LogP contribution in [0.1, 0.15) is 47.0 Å². The molecular formula is C19H35N5O6S. The number of rotatable bonds is 14. The molecule has 0 aliphatic heterocycles. The molecule has 0 radical (unpaired) electrons. The molecule has 0 heterocycles. The number of hydrogen-bond acceptors (Lipinski definition) is 7. The summed E-state index contributed by atoms with van der Waals surface area (Å²) in [6.45, 7) is 6.86. The third-order valence-electron chi connectivity index (χ3n) is 4.88. The molecule has 8 N–H and O–H groups in total. The van der Waals surface area contributed by atoms with Crippen LogP contribution in [-0.2, 0) is 24.0 Å². The molecule has 0 aromatic carbocycles. The Morgan fingerprint density at radius 2 is 1.48 bits per heavy atom. The number of nitrogens with one attached hydrogen (secondary N) is 3. The van der Waals surface area contributed by atoms with Gasteiger partial charge in [-0.25, -0.2) is 4.79 Å². The first-order valence-electron chi connectivity index (χ1n) is 10.1. The van der Waals surface area contributed by atoms with Crippen LogP contribution in [0.4, 0.5) is 0 Å². The maximum Gasteiger partial charge on any atom is 0.326 e. The van der Waals surface area contributed by atoms with Gasteiger partial charge in [-0.1, -0.05) is 34.1 Å². The van der Waals surface area contributed by atoms with Crippen LogP contribution in [0.2, 0.25) is 0 Å². The quantitative estimate of drug-likeness (QED) is 0.157. The molecule has 0 fully saturated rings. The van der Waals surface area contributed by atoms with E-state index in [4.69, 9.17) is 11.5 Å². The minimum absolute atomic E-state index is 0.0312. The largest absolute Gasteiger partial charge is 0.480 e. The van der Waals surface area contributed by atoms with Gasteiger partial charge in [-0.3, -0.25) is 19.2 Å². The minimum Gasteiger partial charge on any atom is -0.480 e. The molecule has 0 rings (SSSR count). The smallest absolute Gasteiger partial charge is 0.326 e. The highest BCUT2D eigenvalue weighted by atomic mass is 32.1. The Kier molecular flexibility index (Phi) is 12.8. The average Bonchev–Trinajstić information content (AvgIpc) is 2.70. The molecule has 0 aliphatic carbocycles. The first kappa shape index (κ1) is 28.7. The number of carbonyl (C=O) groups excluding carboxylic acids is 4. The predicted octanol–water partition coefficient (Wildman–Crippen LogP) is -1.25. The SMILES string of the molecule is CCC(C)C(NC(=O)C(N)CCC(N)=O)C(=O)NC(CS)C(=O)NC(C(=O)O)C(C)C. The van der Waals surface area contributed by atoms with Gasteiger partial charge >= 0.3 is 5.97 Å². The van der Waals surface area contributed by atoms with Gasteiger partial charge in [-0.15, -0.1) is 0 Å². The summed E-state index contributed by atoms with van der Waals surface area (Å²) in [5, 5.41) is 16.7. The van der Waals surface area contributed by atoms with Crippen LogP contribution in [0.15, 0.2) is 0 Å². The molecule has 5 atom stereocenters. The van der Waals surface area contributed by atoms with Crippen molar-refractivity contribution in [2.24, 2.45) is 23.3 Å². The normalized spacial score (nSPS) is 15.8. The van der Waals surface area contributed by atoms with Crippen molar-refractivity contribution in [3.8, 4) is 0 Å². The minimum atomic E-state index is -1.19. The van der Waals surface area contributed by atoms with Gasteiger partial charge in [0.1, 0.15) is 18.1 Å². The van der Waals surface area contributed by atoms with Gasteiger partial charge in [0.05, 0.1) is 6.04 Å². The van der Waals surface area contributed by atoms with Crippen molar-refractivity contribution >= 4 is 42.2 Å². The molecule has 5 unspecified atom stereocenters. The van der Waals surface area contributed by atoms with E-state index in [1.807, 2.05) is 6.92 Å². The fourth-order valence-electron chi connectivity index (χ4n) is 2.61. The maximum absolute atomic E-state index is 12.8. The van der Waals surface area contributed by atoms with Gasteiger partial charge in [0.25, 0.3) is 0 Å². The van der Waals surface area contributed by atoms with Crippen LogP contribution in [0.25, 0.3) is 0 Å². The Hall–Kier alpha value is -2.34. The first-order chi connectivity index (χ1) is 14.3. The second kappa shape index (κ2) is 13.9. The van der Waals surface area contributed by atoms with E-state index in [-0.39, 0.29) is 30.4 Å². The molecule has 0 aromatic heterocycles. The van der Waals surface area contributed by atoms with E-state index < -0.39 is 53.8 Å². The van der Waals surface area contributed by atoms with Crippen molar-refractivity contribution in [3.05, 3.63) is 0 Å². The summed E-state index contributed by atoms with van der Waals surface area (Å²) in [5.41, 5.74) is 10.8. The van der Waals surface area contributed by atoms with Crippen molar-refractivity contribution in [2.75, 3.05) is 5.75 Å². The Morgan fingerprint density at radius 3 is 1.90 bits per heavy atom. The highest BCUT2D eigenvalue weighted by molar-refractivity contribution is 7.80. The molecule has 178 valence electrons. The standard InChI is InChI=1S/C19H35N5O6S/c1-5-10(4)15(24-16(26)11(20)6-7-13(21)25)18(28)22-12(8-31)17(27)23-14(9(2)3)19(29)30/h9-12,14-15,31H,5-8,20H2,1-4H3,(H2,21,25)(H,22,28)(H,23,27)(H,24,26)(H,29,30). The van der Waals surface area contributed by atoms with E-state index in [9.17, 15) is 29.1 Å². The second-order valence-corrected chi connectivity index (χ2v) is 8.16. The topological polar surface area (TPSA) is 194 Å². The molecule has 0 aliphatic rings. The summed E-state index contributed by atoms with van der Waals surface area (Å²) in [4.78, 5) is 59.8. The Balaban J connectivity index is 5.27. The molecular weight excluding hydrogens is 426 g/mol. The van der Waals surface area contributed by atoms with Gasteiger partial charge in [0, 0.05) is 12.2 Å². The van der Waals surface area contributed by atoms with Crippen molar-refractivity contribution < 1.29 is 29.1 Å². The summed E-state index contributed by atoms with van der Waals surface area (Å²) in [6, 6.07) is -4.26. The lowest BCUT2D eigenvalue weighted by molar-refractivity contribution is -0.143. The van der Waals surface area contributed by atoms with Crippen LogP contribution in [0.3, 0.4) is 0 Å². The number of thiol groups is 1. The average molecular weight is 462 g/mol. The fraction of sp³-hybridized carbons (Fsp3) is 0.737. The summed E-state index contributed by atoms with van der Waals surface area (Å²) in [7, 11) is 0. The monoisotopic (exact) mass is 461 g/mol. The number of carboxylic acid groups (broad SMARTS) is 1. The zero-order valence-corrected chi connectivity index (χ0v) is 19.3. The van der Waals surface area contributed by atoms with E-state index in [1.54, 1.807) is 20.8 Å². The Labute approximate surface area is 187 Å². The molecule has 31 heavy (non-hydrogen) atoms. The summed E-state index contributed by atoms with van der Waals surface area (Å²) >= 11 is 4.07. The first-order valence-corrected chi connectivity index (χ1v) is 10.8. The Bertz CT molecular complexity index is 660.